The van der Waals surface area contributed by atoms with Crippen molar-refractivity contribution in [2.45, 2.75) is 31.8 Å². The zero-order valence-electron chi connectivity index (χ0n) is 8.68. The molecule has 0 saturated carbocycles. The van der Waals surface area contributed by atoms with Crippen LogP contribution in [-0.4, -0.2) is 47.6 Å². The van der Waals surface area contributed by atoms with E-state index in [1.54, 1.807) is 0 Å². The van der Waals surface area contributed by atoms with Gasteiger partial charge in [0.25, 0.3) is 0 Å². The molecule has 2 nitrogen and oxygen atoms in total. The molecule has 13 heavy (non-hydrogen) atoms. The van der Waals surface area contributed by atoms with Crippen LogP contribution in [0.4, 0.5) is 0 Å². The van der Waals surface area contributed by atoms with Gasteiger partial charge in [0.1, 0.15) is 0 Å². The first kappa shape index (κ1) is 9.81. The highest BCUT2D eigenvalue weighted by molar-refractivity contribution is 7.99. The Morgan fingerprint density at radius 3 is 2.92 bits per heavy atom. The summed E-state index contributed by atoms with van der Waals surface area (Å²) >= 11 is 2.11. The van der Waals surface area contributed by atoms with E-state index in [1.807, 2.05) is 0 Å². The molecule has 0 aromatic carbocycles. The Balaban J connectivity index is 1.91. The fraction of sp³-hybridized carbons (Fsp3) is 1.00. The van der Waals surface area contributed by atoms with E-state index in [0.29, 0.717) is 5.54 Å². The molecule has 0 aliphatic carbocycles. The lowest BCUT2D eigenvalue weighted by molar-refractivity contribution is 0.119. The van der Waals surface area contributed by atoms with Gasteiger partial charge in [0.15, 0.2) is 0 Å². The molecule has 1 atom stereocenters. The van der Waals surface area contributed by atoms with Crippen LogP contribution in [0.15, 0.2) is 0 Å². The van der Waals surface area contributed by atoms with Crippen LogP contribution in [0.25, 0.3) is 0 Å². The minimum Gasteiger partial charge on any atom is -0.309 e. The molecule has 2 rings (SSSR count). The zero-order valence-corrected chi connectivity index (χ0v) is 9.49. The lowest BCUT2D eigenvalue weighted by Gasteiger charge is -2.41. The SMILES string of the molecule is CC1(C)CN(C2CCSC2)CCN1. The van der Waals surface area contributed by atoms with Gasteiger partial charge in [0.05, 0.1) is 0 Å². The predicted octanol–water partition coefficient (Wildman–Crippen LogP) is 1.18. The summed E-state index contributed by atoms with van der Waals surface area (Å²) in [6.45, 7) is 8.24. The maximum absolute atomic E-state index is 3.56. The van der Waals surface area contributed by atoms with Crippen molar-refractivity contribution < 1.29 is 0 Å². The van der Waals surface area contributed by atoms with Crippen molar-refractivity contribution in [2.24, 2.45) is 0 Å². The zero-order chi connectivity index (χ0) is 9.31. The van der Waals surface area contributed by atoms with E-state index in [4.69, 9.17) is 0 Å². The molecule has 0 radical (unpaired) electrons. The molecule has 1 N–H and O–H groups in total. The van der Waals surface area contributed by atoms with Crippen molar-refractivity contribution in [3.63, 3.8) is 0 Å². The number of rotatable bonds is 1. The Kier molecular flexibility index (Phi) is 2.86. The second-order valence-corrected chi connectivity index (χ2v) is 5.95. The molecule has 0 amide bonds. The monoisotopic (exact) mass is 200 g/mol. The summed E-state index contributed by atoms with van der Waals surface area (Å²) in [5.41, 5.74) is 0.325. The van der Waals surface area contributed by atoms with Crippen molar-refractivity contribution in [1.29, 1.82) is 0 Å². The number of hydrogen-bond donors (Lipinski definition) is 1. The van der Waals surface area contributed by atoms with Gasteiger partial charge in [0, 0.05) is 37.0 Å². The molecule has 2 heterocycles. The van der Waals surface area contributed by atoms with Crippen LogP contribution in [0.2, 0.25) is 0 Å². The van der Waals surface area contributed by atoms with Gasteiger partial charge in [-0.15, -0.1) is 0 Å². The summed E-state index contributed by atoms with van der Waals surface area (Å²) in [5, 5.41) is 3.56. The molecule has 76 valence electrons. The molecular weight excluding hydrogens is 180 g/mol. The molecule has 0 bridgehead atoms. The van der Waals surface area contributed by atoms with Crippen LogP contribution in [0.5, 0.6) is 0 Å². The van der Waals surface area contributed by atoms with Gasteiger partial charge in [-0.25, -0.2) is 0 Å². The Morgan fingerprint density at radius 2 is 2.31 bits per heavy atom. The summed E-state index contributed by atoms with van der Waals surface area (Å²) in [6.07, 6.45) is 1.40. The van der Waals surface area contributed by atoms with E-state index in [1.165, 1.54) is 31.0 Å². The van der Waals surface area contributed by atoms with Crippen LogP contribution < -0.4 is 5.32 Å². The lowest BCUT2D eigenvalue weighted by Crippen LogP contribution is -2.59. The summed E-state index contributed by atoms with van der Waals surface area (Å²) in [4.78, 5) is 2.68. The molecular formula is C10H20N2S. The fourth-order valence-electron chi connectivity index (χ4n) is 2.30. The van der Waals surface area contributed by atoms with E-state index in [9.17, 15) is 0 Å². The molecule has 1 unspecified atom stereocenters. The Morgan fingerprint density at radius 1 is 1.46 bits per heavy atom. The third-order valence-corrected chi connectivity index (χ3v) is 4.17. The smallest absolute Gasteiger partial charge is 0.0252 e. The maximum atomic E-state index is 3.56. The highest BCUT2D eigenvalue weighted by atomic mass is 32.2. The van der Waals surface area contributed by atoms with E-state index in [0.717, 1.165) is 12.6 Å². The average Bonchev–Trinajstić information content (AvgIpc) is 2.53. The molecule has 2 saturated heterocycles. The van der Waals surface area contributed by atoms with Crippen LogP contribution in [0, 0.1) is 0 Å². The van der Waals surface area contributed by atoms with Crippen molar-refractivity contribution >= 4 is 11.8 Å². The van der Waals surface area contributed by atoms with Gasteiger partial charge in [-0.2, -0.15) is 11.8 Å². The topological polar surface area (TPSA) is 15.3 Å². The first-order valence-corrected chi connectivity index (χ1v) is 6.40. The number of piperazine rings is 1. The molecule has 2 aliphatic rings. The Bertz CT molecular complexity index is 176. The van der Waals surface area contributed by atoms with Crippen molar-refractivity contribution in [1.82, 2.24) is 10.2 Å². The van der Waals surface area contributed by atoms with E-state index >= 15 is 0 Å². The largest absolute Gasteiger partial charge is 0.309 e. The lowest BCUT2D eigenvalue weighted by atomic mass is 10.0. The second kappa shape index (κ2) is 3.79. The number of hydrogen-bond acceptors (Lipinski definition) is 3. The number of thioether (sulfide) groups is 1. The van der Waals surface area contributed by atoms with Crippen LogP contribution >= 0.6 is 11.8 Å². The van der Waals surface area contributed by atoms with Gasteiger partial charge in [-0.1, -0.05) is 0 Å². The standard InChI is InChI=1S/C10H20N2S/c1-10(2)8-12(5-4-11-10)9-3-6-13-7-9/h9,11H,3-8H2,1-2H3. The second-order valence-electron chi connectivity index (χ2n) is 4.80. The van der Waals surface area contributed by atoms with Gasteiger partial charge >= 0.3 is 0 Å². The molecule has 2 aliphatic heterocycles. The summed E-state index contributed by atoms with van der Waals surface area (Å²) < 4.78 is 0. The maximum Gasteiger partial charge on any atom is 0.0252 e. The third-order valence-electron chi connectivity index (χ3n) is 3.02. The highest BCUT2D eigenvalue weighted by Crippen LogP contribution is 2.24. The molecule has 0 aromatic rings. The van der Waals surface area contributed by atoms with Crippen LogP contribution in [0.3, 0.4) is 0 Å². The molecule has 0 spiro atoms. The summed E-state index contributed by atoms with van der Waals surface area (Å²) in [6, 6.07) is 0.867. The normalized spacial score (nSPS) is 35.1. The predicted molar refractivity (Wildman–Crippen MR) is 59.4 cm³/mol. The average molecular weight is 200 g/mol. The van der Waals surface area contributed by atoms with Crippen molar-refractivity contribution in [2.75, 3.05) is 31.1 Å². The van der Waals surface area contributed by atoms with Crippen molar-refractivity contribution in [3.8, 4) is 0 Å². The third kappa shape index (κ3) is 2.39. The summed E-state index contributed by atoms with van der Waals surface area (Å²) in [5.74, 6) is 2.73. The number of nitrogens with zero attached hydrogens (tertiary/aromatic N) is 1. The fourth-order valence-corrected chi connectivity index (χ4v) is 3.56. The van der Waals surface area contributed by atoms with Gasteiger partial charge in [-0.05, 0) is 26.0 Å². The first-order valence-electron chi connectivity index (χ1n) is 5.24. The van der Waals surface area contributed by atoms with E-state index in [-0.39, 0.29) is 0 Å². The van der Waals surface area contributed by atoms with Crippen LogP contribution in [0.1, 0.15) is 20.3 Å². The minimum atomic E-state index is 0.325. The van der Waals surface area contributed by atoms with E-state index < -0.39 is 0 Å². The highest BCUT2D eigenvalue weighted by Gasteiger charge is 2.31. The van der Waals surface area contributed by atoms with Gasteiger partial charge in [0.2, 0.25) is 0 Å². The Labute approximate surface area is 85.4 Å². The Hall–Kier alpha value is 0.270. The van der Waals surface area contributed by atoms with E-state index in [2.05, 4.69) is 35.8 Å². The molecule has 2 fully saturated rings. The first-order chi connectivity index (χ1) is 6.17. The summed E-state index contributed by atoms with van der Waals surface area (Å²) in [7, 11) is 0. The minimum absolute atomic E-state index is 0.325. The van der Waals surface area contributed by atoms with Gasteiger partial charge in [-0.3, -0.25) is 4.90 Å². The van der Waals surface area contributed by atoms with Crippen LogP contribution in [-0.2, 0) is 0 Å². The van der Waals surface area contributed by atoms with Crippen molar-refractivity contribution in [3.05, 3.63) is 0 Å². The quantitative estimate of drug-likeness (QED) is 0.684. The molecule has 0 aromatic heterocycles. The molecule has 3 heteroatoms. The number of nitrogens with one attached hydrogen (secondary N) is 1. The van der Waals surface area contributed by atoms with Gasteiger partial charge < -0.3 is 5.32 Å².